The normalized spacial score (nSPS) is 17.0. The summed E-state index contributed by atoms with van der Waals surface area (Å²) in [5.74, 6) is 0.799. The minimum absolute atomic E-state index is 0.0336. The third-order valence-electron chi connectivity index (χ3n) is 4.06. The van der Waals surface area contributed by atoms with Crippen molar-refractivity contribution in [1.82, 2.24) is 14.5 Å². The Bertz CT molecular complexity index is 669. The largest absolute Gasteiger partial charge is 0.484 e. The SMILES string of the molecule is COC[C@H]1CN(C(=O)COc2ccccc2)Cc2ncn(C)c21. The van der Waals surface area contributed by atoms with Crippen LogP contribution in [0.3, 0.4) is 0 Å². The molecular weight excluding hydrogens is 294 g/mol. The van der Waals surface area contributed by atoms with Crippen molar-refractivity contribution in [2.45, 2.75) is 12.5 Å². The summed E-state index contributed by atoms with van der Waals surface area (Å²) in [6, 6.07) is 9.37. The number of amides is 1. The molecule has 0 aliphatic carbocycles. The molecule has 0 radical (unpaired) electrons. The van der Waals surface area contributed by atoms with Gasteiger partial charge in [0.1, 0.15) is 5.75 Å². The fourth-order valence-corrected chi connectivity index (χ4v) is 3.01. The van der Waals surface area contributed by atoms with Gasteiger partial charge in [-0.05, 0) is 12.1 Å². The van der Waals surface area contributed by atoms with Crippen LogP contribution in [0.25, 0.3) is 0 Å². The van der Waals surface area contributed by atoms with Gasteiger partial charge in [-0.25, -0.2) is 4.98 Å². The first-order valence-corrected chi connectivity index (χ1v) is 7.63. The van der Waals surface area contributed by atoms with Crippen LogP contribution in [0.4, 0.5) is 0 Å². The molecule has 0 saturated carbocycles. The molecular formula is C17H21N3O3. The van der Waals surface area contributed by atoms with E-state index in [0.29, 0.717) is 25.4 Å². The molecule has 0 unspecified atom stereocenters. The number of hydrogen-bond donors (Lipinski definition) is 0. The summed E-state index contributed by atoms with van der Waals surface area (Å²) < 4.78 is 12.9. The molecule has 6 nitrogen and oxygen atoms in total. The Labute approximate surface area is 135 Å². The number of benzene rings is 1. The van der Waals surface area contributed by atoms with E-state index in [1.165, 1.54) is 0 Å². The van der Waals surface area contributed by atoms with E-state index >= 15 is 0 Å². The Morgan fingerprint density at radius 3 is 2.87 bits per heavy atom. The van der Waals surface area contributed by atoms with Gasteiger partial charge in [0, 0.05) is 32.3 Å². The molecule has 0 spiro atoms. The molecule has 1 aromatic heterocycles. The lowest BCUT2D eigenvalue weighted by molar-refractivity contribution is -0.135. The van der Waals surface area contributed by atoms with Crippen molar-refractivity contribution in [2.75, 3.05) is 26.9 Å². The van der Waals surface area contributed by atoms with Crippen molar-refractivity contribution in [3.8, 4) is 5.75 Å². The standard InChI is InChI=1S/C17H21N3O3/c1-19-12-18-15-9-20(8-13(10-22-2)17(15)19)16(21)11-23-14-6-4-3-5-7-14/h3-7,12-13H,8-11H2,1-2H3/t13-/m1/s1. The minimum atomic E-state index is -0.0359. The van der Waals surface area contributed by atoms with Gasteiger partial charge in [-0.2, -0.15) is 0 Å². The van der Waals surface area contributed by atoms with Crippen LogP contribution in [0.5, 0.6) is 5.75 Å². The molecule has 0 fully saturated rings. The second-order valence-corrected chi connectivity index (χ2v) is 5.72. The highest BCUT2D eigenvalue weighted by Crippen LogP contribution is 2.27. The van der Waals surface area contributed by atoms with E-state index < -0.39 is 0 Å². The molecule has 0 saturated heterocycles. The molecule has 0 N–H and O–H groups in total. The van der Waals surface area contributed by atoms with Gasteiger partial charge in [-0.3, -0.25) is 4.79 Å². The average Bonchev–Trinajstić information content (AvgIpc) is 2.95. The molecule has 1 aliphatic heterocycles. The minimum Gasteiger partial charge on any atom is -0.484 e. The maximum Gasteiger partial charge on any atom is 0.260 e. The second-order valence-electron chi connectivity index (χ2n) is 5.72. The highest BCUT2D eigenvalue weighted by molar-refractivity contribution is 5.78. The van der Waals surface area contributed by atoms with E-state index in [4.69, 9.17) is 9.47 Å². The number of nitrogens with zero attached hydrogens (tertiary/aromatic N) is 3. The highest BCUT2D eigenvalue weighted by Gasteiger charge is 2.31. The zero-order valence-corrected chi connectivity index (χ0v) is 13.4. The van der Waals surface area contributed by atoms with Crippen molar-refractivity contribution in [3.63, 3.8) is 0 Å². The van der Waals surface area contributed by atoms with Crippen LogP contribution in [0.1, 0.15) is 17.3 Å². The number of fused-ring (bicyclic) bond motifs is 1. The Hall–Kier alpha value is -2.34. The third-order valence-corrected chi connectivity index (χ3v) is 4.06. The summed E-state index contributed by atoms with van der Waals surface area (Å²) in [7, 11) is 3.65. The first-order valence-electron chi connectivity index (χ1n) is 7.63. The summed E-state index contributed by atoms with van der Waals surface area (Å²) in [5, 5.41) is 0. The smallest absolute Gasteiger partial charge is 0.260 e. The fraction of sp³-hybridized carbons (Fsp3) is 0.412. The number of imidazole rings is 1. The molecule has 2 heterocycles. The van der Waals surface area contributed by atoms with Gasteiger partial charge in [0.2, 0.25) is 0 Å². The molecule has 6 heteroatoms. The van der Waals surface area contributed by atoms with E-state index in [-0.39, 0.29) is 18.4 Å². The van der Waals surface area contributed by atoms with Gasteiger partial charge in [0.25, 0.3) is 5.91 Å². The van der Waals surface area contributed by atoms with Crippen LogP contribution in [-0.4, -0.2) is 47.2 Å². The van der Waals surface area contributed by atoms with Crippen molar-refractivity contribution in [3.05, 3.63) is 48.0 Å². The van der Waals surface area contributed by atoms with Gasteiger partial charge >= 0.3 is 0 Å². The van der Waals surface area contributed by atoms with E-state index in [1.54, 1.807) is 18.3 Å². The van der Waals surface area contributed by atoms with Crippen LogP contribution >= 0.6 is 0 Å². The quantitative estimate of drug-likeness (QED) is 0.840. The summed E-state index contributed by atoms with van der Waals surface area (Å²) in [6.45, 7) is 1.74. The van der Waals surface area contributed by atoms with Crippen molar-refractivity contribution in [1.29, 1.82) is 0 Å². The van der Waals surface area contributed by atoms with E-state index in [9.17, 15) is 4.79 Å². The molecule has 1 aromatic carbocycles. The fourth-order valence-electron chi connectivity index (χ4n) is 3.01. The van der Waals surface area contributed by atoms with Gasteiger partial charge < -0.3 is 18.9 Å². The number of para-hydroxylation sites is 1. The average molecular weight is 315 g/mol. The topological polar surface area (TPSA) is 56.6 Å². The van der Waals surface area contributed by atoms with Crippen molar-refractivity contribution < 1.29 is 14.3 Å². The summed E-state index contributed by atoms with van der Waals surface area (Å²) in [4.78, 5) is 18.7. The molecule has 2 aromatic rings. The predicted octanol–water partition coefficient (Wildman–Crippen LogP) is 1.57. The van der Waals surface area contributed by atoms with Crippen LogP contribution in [0, 0.1) is 0 Å². The number of aromatic nitrogens is 2. The first kappa shape index (κ1) is 15.6. The number of rotatable bonds is 5. The van der Waals surface area contributed by atoms with Crippen LogP contribution < -0.4 is 4.74 Å². The molecule has 23 heavy (non-hydrogen) atoms. The number of methoxy groups -OCH3 is 1. The first-order chi connectivity index (χ1) is 11.2. The third kappa shape index (κ3) is 3.37. The van der Waals surface area contributed by atoms with Crippen LogP contribution in [-0.2, 0) is 23.1 Å². The molecule has 122 valence electrons. The Balaban J connectivity index is 1.67. The van der Waals surface area contributed by atoms with Crippen LogP contribution in [0.2, 0.25) is 0 Å². The number of carbonyl (C=O) groups is 1. The lowest BCUT2D eigenvalue weighted by Gasteiger charge is -2.32. The van der Waals surface area contributed by atoms with E-state index in [2.05, 4.69) is 4.98 Å². The molecule has 3 rings (SSSR count). The monoisotopic (exact) mass is 315 g/mol. The summed E-state index contributed by atoms with van der Waals surface area (Å²) >= 11 is 0. The van der Waals surface area contributed by atoms with Crippen LogP contribution in [0.15, 0.2) is 36.7 Å². The highest BCUT2D eigenvalue weighted by atomic mass is 16.5. The maximum atomic E-state index is 12.5. The van der Waals surface area contributed by atoms with Gasteiger partial charge in [0.15, 0.2) is 6.61 Å². The second kappa shape index (κ2) is 6.83. The molecule has 0 bridgehead atoms. The Morgan fingerprint density at radius 1 is 1.35 bits per heavy atom. The number of hydrogen-bond acceptors (Lipinski definition) is 4. The molecule has 1 amide bonds. The zero-order valence-electron chi connectivity index (χ0n) is 13.4. The van der Waals surface area contributed by atoms with Crippen molar-refractivity contribution in [2.24, 2.45) is 7.05 Å². The molecule has 1 aliphatic rings. The van der Waals surface area contributed by atoms with Crippen molar-refractivity contribution >= 4 is 5.91 Å². The maximum absolute atomic E-state index is 12.5. The number of carbonyl (C=O) groups excluding carboxylic acids is 1. The van der Waals surface area contributed by atoms with E-state index in [1.807, 2.05) is 41.9 Å². The lowest BCUT2D eigenvalue weighted by atomic mass is 9.99. The zero-order chi connectivity index (χ0) is 16.2. The summed E-state index contributed by atoms with van der Waals surface area (Å²) in [5.41, 5.74) is 2.09. The molecule has 1 atom stereocenters. The Morgan fingerprint density at radius 2 is 2.13 bits per heavy atom. The van der Waals surface area contributed by atoms with Gasteiger partial charge in [-0.1, -0.05) is 18.2 Å². The van der Waals surface area contributed by atoms with Gasteiger partial charge in [0.05, 0.1) is 25.2 Å². The number of aryl methyl sites for hydroxylation is 1. The number of ether oxygens (including phenoxy) is 2. The van der Waals surface area contributed by atoms with E-state index in [0.717, 1.165) is 11.4 Å². The lowest BCUT2D eigenvalue weighted by Crippen LogP contribution is -2.42. The predicted molar refractivity (Wildman–Crippen MR) is 85.2 cm³/mol. The Kier molecular flexibility index (Phi) is 4.62. The summed E-state index contributed by atoms with van der Waals surface area (Å²) in [6.07, 6.45) is 1.79. The van der Waals surface area contributed by atoms with Gasteiger partial charge in [-0.15, -0.1) is 0 Å².